The minimum Gasteiger partial charge on any atom is -0.480 e. The van der Waals surface area contributed by atoms with Crippen molar-refractivity contribution in [1.29, 1.82) is 0 Å². The molecule has 1 amide bonds. The van der Waals surface area contributed by atoms with Gasteiger partial charge in [0.05, 0.1) is 19.3 Å². The number of hydrogen-bond donors (Lipinski definition) is 2. The van der Waals surface area contributed by atoms with E-state index in [9.17, 15) is 9.59 Å². The van der Waals surface area contributed by atoms with E-state index in [2.05, 4.69) is 15.0 Å². The number of aromatic nitrogens is 3. The first-order chi connectivity index (χ1) is 12.1. The molecule has 0 aromatic carbocycles. The van der Waals surface area contributed by atoms with E-state index < -0.39 is 0 Å². The molecule has 2 aromatic heterocycles. The fourth-order valence-electron chi connectivity index (χ4n) is 3.56. The molecule has 3 N–H and O–H groups in total. The fourth-order valence-corrected chi connectivity index (χ4v) is 3.56. The number of pyridine rings is 1. The van der Waals surface area contributed by atoms with Crippen molar-refractivity contribution in [3.05, 3.63) is 44.5 Å². The number of anilines is 1. The Morgan fingerprint density at radius 2 is 2.12 bits per heavy atom. The van der Waals surface area contributed by atoms with Gasteiger partial charge in [0.2, 0.25) is 11.8 Å². The Hall–Kier alpha value is -2.90. The van der Waals surface area contributed by atoms with Gasteiger partial charge in [0.1, 0.15) is 5.56 Å². The van der Waals surface area contributed by atoms with Crippen LogP contribution in [-0.2, 0) is 25.8 Å². The molecule has 8 nitrogen and oxygen atoms in total. The fraction of sp³-hybridized carbons (Fsp3) is 0.412. The summed E-state index contributed by atoms with van der Waals surface area (Å²) in [5, 5.41) is 0. The summed E-state index contributed by atoms with van der Waals surface area (Å²) in [6.45, 7) is 0.698. The van der Waals surface area contributed by atoms with Crippen LogP contribution in [0.25, 0.3) is 0 Å². The molecule has 3 heterocycles. The van der Waals surface area contributed by atoms with Gasteiger partial charge in [-0.15, -0.1) is 0 Å². The molecule has 4 rings (SSSR count). The third-order valence-corrected chi connectivity index (χ3v) is 4.82. The minimum absolute atomic E-state index is 0.0647. The number of carbonyl (C=O) groups is 1. The number of carbonyl (C=O) groups excluding carboxylic acids is 1. The van der Waals surface area contributed by atoms with Gasteiger partial charge in [-0.3, -0.25) is 14.6 Å². The predicted molar refractivity (Wildman–Crippen MR) is 90.5 cm³/mol. The molecule has 130 valence electrons. The van der Waals surface area contributed by atoms with Crippen LogP contribution >= 0.6 is 0 Å². The normalized spacial score (nSPS) is 15.6. The number of nitrogen functional groups attached to an aromatic ring is 1. The van der Waals surface area contributed by atoms with E-state index in [0.29, 0.717) is 35.7 Å². The number of nitrogens with two attached hydrogens (primary N) is 1. The van der Waals surface area contributed by atoms with E-state index >= 15 is 0 Å². The van der Waals surface area contributed by atoms with E-state index in [0.717, 1.165) is 30.5 Å². The van der Waals surface area contributed by atoms with Crippen molar-refractivity contribution >= 4 is 11.9 Å². The van der Waals surface area contributed by atoms with Gasteiger partial charge in [0.15, 0.2) is 0 Å². The summed E-state index contributed by atoms with van der Waals surface area (Å²) in [5.74, 6) is 0.259. The Kier molecular flexibility index (Phi) is 3.67. The molecule has 0 atom stereocenters. The summed E-state index contributed by atoms with van der Waals surface area (Å²) in [6, 6.07) is 1.89. The van der Waals surface area contributed by atoms with Crippen molar-refractivity contribution in [2.45, 2.75) is 32.2 Å². The molecule has 0 unspecified atom stereocenters. The van der Waals surface area contributed by atoms with Crippen LogP contribution in [0.2, 0.25) is 0 Å². The van der Waals surface area contributed by atoms with E-state index in [1.807, 2.05) is 6.07 Å². The van der Waals surface area contributed by atoms with Gasteiger partial charge in [-0.2, -0.15) is 0 Å². The second-order valence-corrected chi connectivity index (χ2v) is 6.36. The van der Waals surface area contributed by atoms with Crippen LogP contribution in [0.4, 0.5) is 5.95 Å². The number of fused-ring (bicyclic) bond motifs is 2. The van der Waals surface area contributed by atoms with Crippen molar-refractivity contribution in [3.63, 3.8) is 0 Å². The zero-order chi connectivity index (χ0) is 17.6. The third-order valence-electron chi connectivity index (χ3n) is 4.82. The minimum atomic E-state index is -0.230. The topological polar surface area (TPSA) is 114 Å². The van der Waals surface area contributed by atoms with Gasteiger partial charge < -0.3 is 15.4 Å². The molecule has 0 spiro atoms. The van der Waals surface area contributed by atoms with Gasteiger partial charge in [0, 0.05) is 17.8 Å². The molecule has 0 saturated carbocycles. The van der Waals surface area contributed by atoms with Crippen molar-refractivity contribution in [2.75, 3.05) is 19.4 Å². The molecule has 2 aliphatic rings. The molecular formula is C17H19N5O3. The molecule has 0 fully saturated rings. The second kappa shape index (κ2) is 5.87. The predicted octanol–water partition coefficient (Wildman–Crippen LogP) is 0.443. The molecule has 8 heteroatoms. The van der Waals surface area contributed by atoms with Crippen LogP contribution in [0.1, 0.15) is 39.3 Å². The summed E-state index contributed by atoms with van der Waals surface area (Å²) in [7, 11) is 1.52. The highest BCUT2D eigenvalue weighted by Gasteiger charge is 2.28. The van der Waals surface area contributed by atoms with Gasteiger partial charge in [-0.05, 0) is 37.3 Å². The lowest BCUT2D eigenvalue weighted by atomic mass is 10.0. The summed E-state index contributed by atoms with van der Waals surface area (Å²) in [5.41, 5.74) is 9.12. The Balaban J connectivity index is 1.67. The van der Waals surface area contributed by atoms with Crippen molar-refractivity contribution in [3.8, 4) is 5.88 Å². The zero-order valence-electron chi connectivity index (χ0n) is 14.0. The third kappa shape index (κ3) is 2.63. The average molecular weight is 341 g/mol. The number of ether oxygens (including phenoxy) is 1. The molecule has 1 aliphatic heterocycles. The largest absolute Gasteiger partial charge is 0.480 e. The summed E-state index contributed by atoms with van der Waals surface area (Å²) < 4.78 is 5.34. The number of nitrogens with zero attached hydrogens (tertiary/aromatic N) is 3. The molecule has 0 saturated heterocycles. The number of aryl methyl sites for hydroxylation is 2. The Bertz CT molecular complexity index is 921. The monoisotopic (exact) mass is 341 g/mol. The van der Waals surface area contributed by atoms with Gasteiger partial charge in [0.25, 0.3) is 11.5 Å². The lowest BCUT2D eigenvalue weighted by Crippen LogP contribution is -2.39. The number of nitrogens with one attached hydrogen (secondary N) is 1. The molecule has 25 heavy (non-hydrogen) atoms. The van der Waals surface area contributed by atoms with Crippen molar-refractivity contribution in [2.24, 2.45) is 0 Å². The van der Waals surface area contributed by atoms with Crippen molar-refractivity contribution in [1.82, 2.24) is 19.9 Å². The summed E-state index contributed by atoms with van der Waals surface area (Å²) >= 11 is 0. The van der Waals surface area contributed by atoms with Crippen LogP contribution < -0.4 is 16.0 Å². The highest BCUT2D eigenvalue weighted by molar-refractivity contribution is 5.96. The number of rotatable bonds is 2. The number of methoxy groups -OCH3 is 1. The molecule has 0 bridgehead atoms. The van der Waals surface area contributed by atoms with E-state index in [4.69, 9.17) is 10.5 Å². The van der Waals surface area contributed by atoms with Crippen LogP contribution in [0.15, 0.2) is 10.9 Å². The molecule has 2 aromatic rings. The van der Waals surface area contributed by atoms with Crippen molar-refractivity contribution < 1.29 is 9.53 Å². The number of hydrogen-bond acceptors (Lipinski definition) is 6. The maximum absolute atomic E-state index is 13.0. The van der Waals surface area contributed by atoms with Crippen LogP contribution in [0.5, 0.6) is 5.88 Å². The average Bonchev–Trinajstić information content (AvgIpc) is 3.06. The standard InChI is InChI=1S/C17H19N5O3/c1-25-15-11(7-9-3-2-4-12(9)19-15)16(24)22-6-5-10-13(8-22)20-17(18)21-14(10)23/h7H,2-6,8H2,1H3,(H3,18,20,21,23). The molecule has 1 aliphatic carbocycles. The van der Waals surface area contributed by atoms with Crippen LogP contribution in [0, 0.1) is 0 Å². The SMILES string of the molecule is COc1nc2c(cc1C(=O)N1CCc3c(nc(N)[nH]c3=O)C1)CCC2. The Morgan fingerprint density at radius 3 is 2.92 bits per heavy atom. The first kappa shape index (κ1) is 15.6. The van der Waals surface area contributed by atoms with Gasteiger partial charge in [-0.1, -0.05) is 0 Å². The van der Waals surface area contributed by atoms with E-state index in [1.165, 1.54) is 7.11 Å². The Labute approximate surface area is 144 Å². The first-order valence-electron chi connectivity index (χ1n) is 8.30. The number of aromatic amines is 1. The summed E-state index contributed by atoms with van der Waals surface area (Å²) in [6.07, 6.45) is 3.35. The maximum atomic E-state index is 13.0. The molecular weight excluding hydrogens is 322 g/mol. The van der Waals surface area contributed by atoms with E-state index in [1.54, 1.807) is 4.90 Å². The highest BCUT2D eigenvalue weighted by atomic mass is 16.5. The smallest absolute Gasteiger partial charge is 0.259 e. The quantitative estimate of drug-likeness (QED) is 0.819. The van der Waals surface area contributed by atoms with E-state index in [-0.39, 0.29) is 24.0 Å². The first-order valence-corrected chi connectivity index (χ1v) is 8.30. The van der Waals surface area contributed by atoms with Gasteiger partial charge >= 0.3 is 0 Å². The Morgan fingerprint density at radius 1 is 1.28 bits per heavy atom. The maximum Gasteiger partial charge on any atom is 0.259 e. The summed E-state index contributed by atoms with van der Waals surface area (Å²) in [4.78, 5) is 37.8. The van der Waals surface area contributed by atoms with Crippen LogP contribution in [0.3, 0.4) is 0 Å². The lowest BCUT2D eigenvalue weighted by Gasteiger charge is -2.28. The molecule has 0 radical (unpaired) electrons. The lowest BCUT2D eigenvalue weighted by molar-refractivity contribution is 0.0727. The second-order valence-electron chi connectivity index (χ2n) is 6.36. The van der Waals surface area contributed by atoms with Gasteiger partial charge in [-0.25, -0.2) is 9.97 Å². The number of H-pyrrole nitrogens is 1. The highest BCUT2D eigenvalue weighted by Crippen LogP contribution is 2.28. The van der Waals surface area contributed by atoms with Crippen LogP contribution in [-0.4, -0.2) is 39.4 Å². The number of amides is 1. The zero-order valence-corrected chi connectivity index (χ0v) is 14.0.